The highest BCUT2D eigenvalue weighted by molar-refractivity contribution is 5.93. The summed E-state index contributed by atoms with van der Waals surface area (Å²) in [7, 11) is 0. The summed E-state index contributed by atoms with van der Waals surface area (Å²) >= 11 is 0. The zero-order valence-corrected chi connectivity index (χ0v) is 15.0. The van der Waals surface area contributed by atoms with Gasteiger partial charge in [0.25, 0.3) is 5.91 Å². The van der Waals surface area contributed by atoms with E-state index in [1.807, 2.05) is 44.2 Å². The summed E-state index contributed by atoms with van der Waals surface area (Å²) in [5.41, 5.74) is 3.95. The van der Waals surface area contributed by atoms with Crippen LogP contribution in [-0.2, 0) is 17.7 Å². The molecule has 2 amide bonds. The number of ether oxygens (including phenoxy) is 1. The number of rotatable bonds is 7. The van der Waals surface area contributed by atoms with Crippen LogP contribution in [0.4, 0.5) is 4.79 Å². The summed E-state index contributed by atoms with van der Waals surface area (Å²) in [6.07, 6.45) is 0.157. The van der Waals surface area contributed by atoms with Crippen molar-refractivity contribution in [3.05, 3.63) is 71.3 Å². The lowest BCUT2D eigenvalue weighted by molar-refractivity contribution is 0.0704. The van der Waals surface area contributed by atoms with Crippen molar-refractivity contribution in [2.24, 2.45) is 0 Å². The number of carbonyl (C=O) groups excluding carboxylic acids is 2. The third-order valence-electron chi connectivity index (χ3n) is 3.80. The van der Waals surface area contributed by atoms with Crippen molar-refractivity contribution in [1.29, 1.82) is 0 Å². The Hall–Kier alpha value is -2.86. The predicted molar refractivity (Wildman–Crippen MR) is 97.9 cm³/mol. The molecule has 6 heteroatoms. The molecule has 2 N–H and O–H groups in total. The van der Waals surface area contributed by atoms with Crippen molar-refractivity contribution in [3.63, 3.8) is 0 Å². The maximum absolute atomic E-state index is 12.4. The molecule has 0 aliphatic heterocycles. The number of nitrogens with one attached hydrogen (secondary N) is 1. The van der Waals surface area contributed by atoms with E-state index in [1.54, 1.807) is 34.6 Å². The van der Waals surface area contributed by atoms with Crippen LogP contribution in [0.2, 0.25) is 0 Å². The lowest BCUT2D eigenvalue weighted by Gasteiger charge is -2.23. The molecule has 0 saturated heterocycles. The van der Waals surface area contributed by atoms with Crippen LogP contribution < -0.4 is 5.48 Å². The zero-order chi connectivity index (χ0) is 18.9. The first-order valence-electron chi connectivity index (χ1n) is 8.52. The fourth-order valence-corrected chi connectivity index (χ4v) is 2.47. The highest BCUT2D eigenvalue weighted by atomic mass is 16.6. The number of amides is 2. The van der Waals surface area contributed by atoms with Gasteiger partial charge in [-0.15, -0.1) is 0 Å². The van der Waals surface area contributed by atoms with E-state index in [9.17, 15) is 9.59 Å². The van der Waals surface area contributed by atoms with Crippen molar-refractivity contribution < 1.29 is 19.5 Å². The Labute approximate surface area is 153 Å². The van der Waals surface area contributed by atoms with Crippen LogP contribution in [-0.4, -0.2) is 34.8 Å². The molecule has 0 radical (unpaired) electrons. The maximum atomic E-state index is 12.4. The monoisotopic (exact) mass is 356 g/mol. The number of hydrogen-bond donors (Lipinski definition) is 2. The van der Waals surface area contributed by atoms with E-state index in [-0.39, 0.29) is 12.2 Å². The van der Waals surface area contributed by atoms with Crippen LogP contribution in [0.15, 0.2) is 54.6 Å². The Morgan fingerprint density at radius 1 is 1.04 bits per heavy atom. The molecule has 0 fully saturated rings. The van der Waals surface area contributed by atoms with Crippen LogP contribution in [0.5, 0.6) is 0 Å². The highest BCUT2D eigenvalue weighted by Gasteiger charge is 2.17. The van der Waals surface area contributed by atoms with E-state index in [4.69, 9.17) is 9.94 Å². The SMILES string of the molecule is CC(C)OC(=O)N(CCc1ccccc1)Cc1ccc(C(=O)NO)cc1. The van der Waals surface area contributed by atoms with Crippen molar-refractivity contribution in [1.82, 2.24) is 10.4 Å². The van der Waals surface area contributed by atoms with Crippen LogP contribution in [0.25, 0.3) is 0 Å². The molecule has 6 nitrogen and oxygen atoms in total. The van der Waals surface area contributed by atoms with E-state index >= 15 is 0 Å². The second-order valence-corrected chi connectivity index (χ2v) is 6.23. The average Bonchev–Trinajstić information content (AvgIpc) is 2.65. The molecule has 0 spiro atoms. The average molecular weight is 356 g/mol. The van der Waals surface area contributed by atoms with E-state index < -0.39 is 5.91 Å². The molecule has 26 heavy (non-hydrogen) atoms. The standard InChI is InChI=1S/C20H24N2O4/c1-15(2)26-20(24)22(13-12-16-6-4-3-5-7-16)14-17-8-10-18(11-9-17)19(23)21-25/h3-11,15,25H,12-14H2,1-2H3,(H,21,23). The normalized spacial score (nSPS) is 10.5. The zero-order valence-electron chi connectivity index (χ0n) is 15.0. The lowest BCUT2D eigenvalue weighted by atomic mass is 10.1. The van der Waals surface area contributed by atoms with Gasteiger partial charge in [0.15, 0.2) is 0 Å². The Kier molecular flexibility index (Phi) is 7.17. The first-order valence-corrected chi connectivity index (χ1v) is 8.52. The van der Waals surface area contributed by atoms with E-state index in [2.05, 4.69) is 0 Å². The number of hydrogen-bond acceptors (Lipinski definition) is 4. The highest BCUT2D eigenvalue weighted by Crippen LogP contribution is 2.11. The van der Waals surface area contributed by atoms with E-state index in [1.165, 1.54) is 0 Å². The molecule has 2 aromatic rings. The number of hydroxylamine groups is 1. The summed E-state index contributed by atoms with van der Waals surface area (Å²) in [4.78, 5) is 25.4. The van der Waals surface area contributed by atoms with Gasteiger partial charge in [-0.3, -0.25) is 10.0 Å². The molecule has 2 rings (SSSR count). The Morgan fingerprint density at radius 3 is 2.27 bits per heavy atom. The summed E-state index contributed by atoms with van der Waals surface area (Å²) in [5, 5.41) is 8.67. The third kappa shape index (κ3) is 5.89. The molecule has 0 aromatic heterocycles. The molecule has 0 aliphatic carbocycles. The van der Waals surface area contributed by atoms with Gasteiger partial charge in [0, 0.05) is 18.7 Å². The van der Waals surface area contributed by atoms with Gasteiger partial charge in [-0.05, 0) is 43.5 Å². The molecular formula is C20H24N2O4. The number of nitrogens with zero attached hydrogens (tertiary/aromatic N) is 1. The van der Waals surface area contributed by atoms with Gasteiger partial charge in [-0.25, -0.2) is 10.3 Å². The van der Waals surface area contributed by atoms with Crippen LogP contribution in [0, 0.1) is 0 Å². The van der Waals surface area contributed by atoms with Gasteiger partial charge < -0.3 is 9.64 Å². The first-order chi connectivity index (χ1) is 12.5. The minimum atomic E-state index is -0.572. The number of carbonyl (C=O) groups is 2. The minimum Gasteiger partial charge on any atom is -0.447 e. The molecule has 0 unspecified atom stereocenters. The molecule has 0 bridgehead atoms. The van der Waals surface area contributed by atoms with Gasteiger partial charge in [-0.1, -0.05) is 42.5 Å². The van der Waals surface area contributed by atoms with Gasteiger partial charge in [-0.2, -0.15) is 0 Å². The fraction of sp³-hybridized carbons (Fsp3) is 0.300. The van der Waals surface area contributed by atoms with Gasteiger partial charge in [0.2, 0.25) is 0 Å². The van der Waals surface area contributed by atoms with Gasteiger partial charge >= 0.3 is 6.09 Å². The topological polar surface area (TPSA) is 78.9 Å². The summed E-state index contributed by atoms with van der Waals surface area (Å²) < 4.78 is 5.34. The first kappa shape index (κ1) is 19.5. The molecule has 138 valence electrons. The molecule has 0 aliphatic rings. The van der Waals surface area contributed by atoms with Crippen molar-refractivity contribution in [3.8, 4) is 0 Å². The summed E-state index contributed by atoms with van der Waals surface area (Å²) in [6.45, 7) is 4.53. The van der Waals surface area contributed by atoms with Crippen LogP contribution in [0.1, 0.15) is 35.3 Å². The summed E-state index contributed by atoms with van der Waals surface area (Å²) in [5.74, 6) is -0.572. The lowest BCUT2D eigenvalue weighted by Crippen LogP contribution is -2.34. The van der Waals surface area contributed by atoms with Crippen LogP contribution >= 0.6 is 0 Å². The Balaban J connectivity index is 2.07. The Bertz CT molecular complexity index is 714. The quantitative estimate of drug-likeness (QED) is 0.589. The fourth-order valence-electron chi connectivity index (χ4n) is 2.47. The molecular weight excluding hydrogens is 332 g/mol. The maximum Gasteiger partial charge on any atom is 0.410 e. The van der Waals surface area contributed by atoms with Gasteiger partial charge in [0.05, 0.1) is 6.10 Å². The van der Waals surface area contributed by atoms with E-state index in [0.717, 1.165) is 17.5 Å². The predicted octanol–water partition coefficient (Wildman–Crippen LogP) is 3.40. The molecule has 0 saturated carbocycles. The largest absolute Gasteiger partial charge is 0.447 e. The Morgan fingerprint density at radius 2 is 1.69 bits per heavy atom. The smallest absolute Gasteiger partial charge is 0.410 e. The number of benzene rings is 2. The molecule has 2 aromatic carbocycles. The summed E-state index contributed by atoms with van der Waals surface area (Å²) in [6, 6.07) is 16.6. The third-order valence-corrected chi connectivity index (χ3v) is 3.80. The van der Waals surface area contributed by atoms with Crippen molar-refractivity contribution in [2.45, 2.75) is 32.9 Å². The van der Waals surface area contributed by atoms with Gasteiger partial charge in [0.1, 0.15) is 0 Å². The minimum absolute atomic E-state index is 0.197. The second-order valence-electron chi connectivity index (χ2n) is 6.23. The molecule has 0 atom stereocenters. The van der Waals surface area contributed by atoms with Crippen LogP contribution in [0.3, 0.4) is 0 Å². The van der Waals surface area contributed by atoms with Crippen molar-refractivity contribution in [2.75, 3.05) is 6.54 Å². The van der Waals surface area contributed by atoms with E-state index in [0.29, 0.717) is 18.7 Å². The second kappa shape index (κ2) is 9.58. The molecule has 0 heterocycles. The van der Waals surface area contributed by atoms with Crippen molar-refractivity contribution >= 4 is 12.0 Å².